The first-order valence-corrected chi connectivity index (χ1v) is 8.63. The van der Waals surface area contributed by atoms with Gasteiger partial charge in [-0.1, -0.05) is 35.9 Å². The number of halogens is 1. The molecule has 0 amide bonds. The summed E-state index contributed by atoms with van der Waals surface area (Å²) in [6.45, 7) is 6.63. The van der Waals surface area contributed by atoms with Gasteiger partial charge in [-0.25, -0.2) is 14.4 Å². The molecule has 0 aliphatic carbocycles. The highest BCUT2D eigenvalue weighted by molar-refractivity contribution is 5.89. The van der Waals surface area contributed by atoms with Crippen LogP contribution in [0.3, 0.4) is 0 Å². The summed E-state index contributed by atoms with van der Waals surface area (Å²) in [6, 6.07) is 13.6. The maximum atomic E-state index is 14.3. The molecule has 0 N–H and O–H groups in total. The van der Waals surface area contributed by atoms with Gasteiger partial charge < -0.3 is 4.90 Å². The summed E-state index contributed by atoms with van der Waals surface area (Å²) < 4.78 is 14.3. The fraction of sp³-hybridized carbons (Fsp3) is 0.300. The summed E-state index contributed by atoms with van der Waals surface area (Å²) in [7, 11) is 0. The molecule has 1 aliphatic heterocycles. The number of nitrogens with zero attached hydrogens (tertiary/aromatic N) is 4. The zero-order valence-corrected chi connectivity index (χ0v) is 14.3. The second kappa shape index (κ2) is 6.76. The highest BCUT2D eigenvalue weighted by Crippen LogP contribution is 2.26. The van der Waals surface area contributed by atoms with Gasteiger partial charge in [0.25, 0.3) is 0 Å². The van der Waals surface area contributed by atoms with E-state index in [1.165, 1.54) is 23.5 Å². The number of hydrogen-bond donors (Lipinski definition) is 0. The zero-order valence-electron chi connectivity index (χ0n) is 14.3. The van der Waals surface area contributed by atoms with E-state index < -0.39 is 0 Å². The normalized spacial score (nSPS) is 15.7. The molecule has 128 valence electrons. The van der Waals surface area contributed by atoms with Crippen LogP contribution in [0.1, 0.15) is 11.1 Å². The third-order valence-corrected chi connectivity index (χ3v) is 4.75. The summed E-state index contributed by atoms with van der Waals surface area (Å²) in [5.41, 5.74) is 3.29. The highest BCUT2D eigenvalue weighted by atomic mass is 19.1. The van der Waals surface area contributed by atoms with Gasteiger partial charge in [0.15, 0.2) is 0 Å². The maximum absolute atomic E-state index is 14.3. The average Bonchev–Trinajstić information content (AvgIpc) is 2.62. The molecule has 0 radical (unpaired) electrons. The van der Waals surface area contributed by atoms with Gasteiger partial charge in [-0.05, 0) is 24.6 Å². The van der Waals surface area contributed by atoms with Crippen molar-refractivity contribution in [3.63, 3.8) is 0 Å². The van der Waals surface area contributed by atoms with E-state index in [4.69, 9.17) is 0 Å². The third-order valence-electron chi connectivity index (χ3n) is 4.75. The van der Waals surface area contributed by atoms with E-state index in [2.05, 4.69) is 51.0 Å². The molecule has 0 saturated carbocycles. The van der Waals surface area contributed by atoms with E-state index in [0.29, 0.717) is 16.7 Å². The molecule has 3 aromatic rings. The Morgan fingerprint density at radius 3 is 2.60 bits per heavy atom. The molecule has 0 spiro atoms. The monoisotopic (exact) mass is 336 g/mol. The minimum Gasteiger partial charge on any atom is -0.353 e. The lowest BCUT2D eigenvalue weighted by molar-refractivity contribution is 0.249. The van der Waals surface area contributed by atoms with Gasteiger partial charge in [0.05, 0.1) is 10.9 Å². The van der Waals surface area contributed by atoms with Gasteiger partial charge in [-0.15, -0.1) is 0 Å². The van der Waals surface area contributed by atoms with Crippen LogP contribution in [0.5, 0.6) is 0 Å². The predicted molar refractivity (Wildman–Crippen MR) is 98.2 cm³/mol. The molecule has 2 aromatic carbocycles. The molecule has 1 saturated heterocycles. The number of fused-ring (bicyclic) bond motifs is 1. The van der Waals surface area contributed by atoms with Crippen molar-refractivity contribution in [2.45, 2.75) is 13.5 Å². The average molecular weight is 336 g/mol. The standard InChI is InChI=1S/C20H21FN4/c1-15-4-2-5-16(12-15)13-24-8-10-25(11-9-24)20-19-17(21)6-3-7-18(19)22-14-23-20/h2-7,12,14H,8-11,13H2,1H3. The summed E-state index contributed by atoms with van der Waals surface area (Å²) in [5.74, 6) is 0.452. The van der Waals surface area contributed by atoms with Crippen molar-refractivity contribution in [1.29, 1.82) is 0 Å². The van der Waals surface area contributed by atoms with Crippen LogP contribution < -0.4 is 4.90 Å². The summed E-state index contributed by atoms with van der Waals surface area (Å²) in [4.78, 5) is 13.2. The predicted octanol–water partition coefficient (Wildman–Crippen LogP) is 3.40. The van der Waals surface area contributed by atoms with Crippen LogP contribution >= 0.6 is 0 Å². The Kier molecular flexibility index (Phi) is 4.32. The fourth-order valence-corrected chi connectivity index (χ4v) is 3.48. The number of piperazine rings is 1. The van der Waals surface area contributed by atoms with Crippen LogP contribution in [0.4, 0.5) is 10.2 Å². The van der Waals surface area contributed by atoms with Gasteiger partial charge in [0, 0.05) is 32.7 Å². The van der Waals surface area contributed by atoms with Gasteiger partial charge in [-0.2, -0.15) is 0 Å². The first kappa shape index (κ1) is 16.0. The van der Waals surface area contributed by atoms with Crippen LogP contribution in [0, 0.1) is 12.7 Å². The van der Waals surface area contributed by atoms with Gasteiger partial charge in [0.2, 0.25) is 0 Å². The molecule has 4 rings (SSSR count). The van der Waals surface area contributed by atoms with Crippen molar-refractivity contribution in [1.82, 2.24) is 14.9 Å². The topological polar surface area (TPSA) is 32.3 Å². The summed E-state index contributed by atoms with van der Waals surface area (Å²) in [5, 5.41) is 0.525. The van der Waals surface area contributed by atoms with Crippen LogP contribution in [0.2, 0.25) is 0 Å². The SMILES string of the molecule is Cc1cccc(CN2CCN(c3ncnc4cccc(F)c34)CC2)c1. The zero-order chi connectivity index (χ0) is 17.2. The van der Waals surface area contributed by atoms with E-state index in [-0.39, 0.29) is 5.82 Å². The Morgan fingerprint density at radius 2 is 1.80 bits per heavy atom. The third kappa shape index (κ3) is 3.33. The Balaban J connectivity index is 1.49. The van der Waals surface area contributed by atoms with E-state index in [1.54, 1.807) is 6.07 Å². The second-order valence-electron chi connectivity index (χ2n) is 6.58. The van der Waals surface area contributed by atoms with Crippen molar-refractivity contribution < 1.29 is 4.39 Å². The minimum atomic E-state index is -0.254. The lowest BCUT2D eigenvalue weighted by Crippen LogP contribution is -2.46. The minimum absolute atomic E-state index is 0.254. The first-order chi connectivity index (χ1) is 12.2. The summed E-state index contributed by atoms with van der Waals surface area (Å²) in [6.07, 6.45) is 1.52. The Hall–Kier alpha value is -2.53. The lowest BCUT2D eigenvalue weighted by Gasteiger charge is -2.35. The smallest absolute Gasteiger partial charge is 0.142 e. The molecular weight excluding hydrogens is 315 g/mol. The molecule has 1 fully saturated rings. The maximum Gasteiger partial charge on any atom is 0.142 e. The molecule has 0 bridgehead atoms. The van der Waals surface area contributed by atoms with Crippen LogP contribution in [-0.2, 0) is 6.54 Å². The number of hydrogen-bond acceptors (Lipinski definition) is 4. The Labute approximate surface area is 146 Å². The molecule has 25 heavy (non-hydrogen) atoms. The van der Waals surface area contributed by atoms with Crippen molar-refractivity contribution in [2.24, 2.45) is 0 Å². The van der Waals surface area contributed by atoms with Crippen molar-refractivity contribution in [2.75, 3.05) is 31.1 Å². The second-order valence-corrected chi connectivity index (χ2v) is 6.58. The first-order valence-electron chi connectivity index (χ1n) is 8.63. The number of rotatable bonds is 3. The van der Waals surface area contributed by atoms with Gasteiger partial charge >= 0.3 is 0 Å². The molecule has 5 heteroatoms. The fourth-order valence-electron chi connectivity index (χ4n) is 3.48. The number of benzene rings is 2. The van der Waals surface area contributed by atoms with Crippen LogP contribution in [-0.4, -0.2) is 41.0 Å². The van der Waals surface area contributed by atoms with Crippen molar-refractivity contribution in [3.05, 3.63) is 65.7 Å². The van der Waals surface area contributed by atoms with Crippen molar-refractivity contribution in [3.8, 4) is 0 Å². The summed E-state index contributed by atoms with van der Waals surface area (Å²) >= 11 is 0. The highest BCUT2D eigenvalue weighted by Gasteiger charge is 2.21. The van der Waals surface area contributed by atoms with E-state index >= 15 is 0 Å². The number of aromatic nitrogens is 2. The van der Waals surface area contributed by atoms with Crippen LogP contribution in [0.25, 0.3) is 10.9 Å². The number of aryl methyl sites for hydroxylation is 1. The quantitative estimate of drug-likeness (QED) is 0.734. The van der Waals surface area contributed by atoms with Crippen LogP contribution in [0.15, 0.2) is 48.8 Å². The lowest BCUT2D eigenvalue weighted by atomic mass is 10.1. The molecule has 2 heterocycles. The molecule has 4 nitrogen and oxygen atoms in total. The molecule has 1 aromatic heterocycles. The largest absolute Gasteiger partial charge is 0.353 e. The molecule has 0 atom stereocenters. The van der Waals surface area contributed by atoms with E-state index in [1.807, 2.05) is 6.07 Å². The Morgan fingerprint density at radius 1 is 1.00 bits per heavy atom. The van der Waals surface area contributed by atoms with E-state index in [0.717, 1.165) is 32.7 Å². The number of anilines is 1. The molecular formula is C20H21FN4. The molecule has 1 aliphatic rings. The molecule has 0 unspecified atom stereocenters. The van der Waals surface area contributed by atoms with Gasteiger partial charge in [0.1, 0.15) is 18.0 Å². The van der Waals surface area contributed by atoms with E-state index in [9.17, 15) is 4.39 Å². The Bertz CT molecular complexity index is 883. The van der Waals surface area contributed by atoms with Crippen molar-refractivity contribution >= 4 is 16.7 Å². The van der Waals surface area contributed by atoms with Gasteiger partial charge in [-0.3, -0.25) is 4.90 Å².